The number of aromatic hydroxyl groups is 1. The number of aromatic nitrogens is 2. The van der Waals surface area contributed by atoms with Crippen LogP contribution in [0.15, 0.2) is 42.6 Å². The Balaban J connectivity index is 2.41. The van der Waals surface area contributed by atoms with Crippen molar-refractivity contribution < 1.29 is 15.0 Å². The van der Waals surface area contributed by atoms with E-state index in [1.54, 1.807) is 34.9 Å². The first-order chi connectivity index (χ1) is 9.59. The molecule has 2 aromatic heterocycles. The van der Waals surface area contributed by atoms with Crippen LogP contribution in [-0.4, -0.2) is 25.6 Å². The second-order valence-electron chi connectivity index (χ2n) is 4.52. The third-order valence-electron chi connectivity index (χ3n) is 3.21. The van der Waals surface area contributed by atoms with Crippen LogP contribution in [0, 0.1) is 6.92 Å². The lowest BCUT2D eigenvalue weighted by atomic mass is 10.2. The van der Waals surface area contributed by atoms with E-state index in [1.165, 1.54) is 0 Å². The van der Waals surface area contributed by atoms with Gasteiger partial charge in [0.15, 0.2) is 5.69 Å². The Morgan fingerprint density at radius 2 is 1.95 bits per heavy atom. The van der Waals surface area contributed by atoms with Crippen molar-refractivity contribution in [2.75, 3.05) is 0 Å². The molecule has 100 valence electrons. The molecule has 0 aliphatic heterocycles. The summed E-state index contributed by atoms with van der Waals surface area (Å²) in [6.45, 7) is 1.83. The molecule has 3 aromatic rings. The number of carboxylic acids is 1. The van der Waals surface area contributed by atoms with Gasteiger partial charge in [-0.2, -0.15) is 0 Å². The summed E-state index contributed by atoms with van der Waals surface area (Å²) >= 11 is 0. The van der Waals surface area contributed by atoms with Crippen molar-refractivity contribution >= 4 is 11.5 Å². The number of phenols is 1. The molecule has 3 rings (SSSR count). The monoisotopic (exact) mass is 268 g/mol. The molecule has 20 heavy (non-hydrogen) atoms. The molecule has 0 aliphatic rings. The van der Waals surface area contributed by atoms with Gasteiger partial charge in [0.2, 0.25) is 0 Å². The number of para-hydroxylation sites is 1. The van der Waals surface area contributed by atoms with Gasteiger partial charge >= 0.3 is 5.97 Å². The Hall–Kier alpha value is -2.82. The quantitative estimate of drug-likeness (QED) is 0.749. The first-order valence-electron chi connectivity index (χ1n) is 6.09. The van der Waals surface area contributed by atoms with Crippen LogP contribution < -0.4 is 0 Å². The summed E-state index contributed by atoms with van der Waals surface area (Å²) < 4.78 is 1.69. The van der Waals surface area contributed by atoms with Gasteiger partial charge in [-0.05, 0) is 30.7 Å². The highest BCUT2D eigenvalue weighted by molar-refractivity contribution is 5.96. The van der Waals surface area contributed by atoms with E-state index in [0.29, 0.717) is 16.9 Å². The van der Waals surface area contributed by atoms with E-state index in [4.69, 9.17) is 0 Å². The van der Waals surface area contributed by atoms with Crippen LogP contribution in [0.1, 0.15) is 16.1 Å². The fourth-order valence-electron chi connectivity index (χ4n) is 2.31. The molecular weight excluding hydrogens is 256 g/mol. The molecule has 2 N–H and O–H groups in total. The molecule has 0 spiro atoms. The zero-order valence-electron chi connectivity index (χ0n) is 10.7. The van der Waals surface area contributed by atoms with E-state index in [2.05, 4.69) is 4.98 Å². The molecule has 0 saturated carbocycles. The fourth-order valence-corrected chi connectivity index (χ4v) is 2.31. The van der Waals surface area contributed by atoms with E-state index in [1.807, 2.05) is 19.1 Å². The minimum absolute atomic E-state index is 0.0126. The summed E-state index contributed by atoms with van der Waals surface area (Å²) in [5.74, 6) is -0.601. The standard InChI is InChI=1S/C15H12N2O3/c1-9-5-4-8-17-13(9)12(15(19)20)16-14(17)10-6-2-3-7-11(10)18/h2-8,18H,1H3,(H,19,20). The topological polar surface area (TPSA) is 74.8 Å². The number of rotatable bonds is 2. The molecule has 0 saturated heterocycles. The van der Waals surface area contributed by atoms with Gasteiger partial charge in [0, 0.05) is 6.20 Å². The molecule has 5 heteroatoms. The van der Waals surface area contributed by atoms with Crippen molar-refractivity contribution in [1.82, 2.24) is 9.38 Å². The maximum atomic E-state index is 11.4. The summed E-state index contributed by atoms with van der Waals surface area (Å²) in [7, 11) is 0. The van der Waals surface area contributed by atoms with Crippen LogP contribution >= 0.6 is 0 Å². The highest BCUT2D eigenvalue weighted by atomic mass is 16.4. The Bertz CT molecular complexity index is 821. The van der Waals surface area contributed by atoms with Gasteiger partial charge in [-0.1, -0.05) is 18.2 Å². The first kappa shape index (κ1) is 12.2. The summed E-state index contributed by atoms with van der Waals surface area (Å²) in [4.78, 5) is 15.5. The van der Waals surface area contributed by atoms with Crippen molar-refractivity contribution in [2.24, 2.45) is 0 Å². The SMILES string of the molecule is Cc1cccn2c(-c3ccccc3O)nc(C(=O)O)c12. The van der Waals surface area contributed by atoms with Crippen LogP contribution in [-0.2, 0) is 0 Å². The van der Waals surface area contributed by atoms with Crippen LogP contribution in [0.3, 0.4) is 0 Å². The lowest BCUT2D eigenvalue weighted by Gasteiger charge is -2.04. The zero-order valence-corrected chi connectivity index (χ0v) is 10.7. The third kappa shape index (κ3) is 1.72. The number of pyridine rings is 1. The average molecular weight is 268 g/mol. The second-order valence-corrected chi connectivity index (χ2v) is 4.52. The van der Waals surface area contributed by atoms with E-state index in [9.17, 15) is 15.0 Å². The van der Waals surface area contributed by atoms with E-state index in [-0.39, 0.29) is 11.4 Å². The van der Waals surface area contributed by atoms with Gasteiger partial charge < -0.3 is 10.2 Å². The van der Waals surface area contributed by atoms with Gasteiger partial charge in [-0.25, -0.2) is 9.78 Å². The van der Waals surface area contributed by atoms with Crippen molar-refractivity contribution in [3.63, 3.8) is 0 Å². The van der Waals surface area contributed by atoms with Gasteiger partial charge in [0.05, 0.1) is 11.1 Å². The Morgan fingerprint density at radius 1 is 1.20 bits per heavy atom. The average Bonchev–Trinajstić information content (AvgIpc) is 2.80. The summed E-state index contributed by atoms with van der Waals surface area (Å²) in [5, 5.41) is 19.2. The highest BCUT2D eigenvalue weighted by Crippen LogP contribution is 2.30. The molecule has 0 radical (unpaired) electrons. The molecule has 0 aliphatic carbocycles. The number of carboxylic acid groups (broad SMARTS) is 1. The fraction of sp³-hybridized carbons (Fsp3) is 0.0667. The molecular formula is C15H12N2O3. The maximum absolute atomic E-state index is 11.4. The van der Waals surface area contributed by atoms with E-state index in [0.717, 1.165) is 5.56 Å². The predicted molar refractivity (Wildman–Crippen MR) is 74.0 cm³/mol. The first-order valence-corrected chi connectivity index (χ1v) is 6.09. The number of imidazole rings is 1. The molecule has 0 bridgehead atoms. The van der Waals surface area contributed by atoms with Crippen molar-refractivity contribution in [1.29, 1.82) is 0 Å². The number of aromatic carboxylic acids is 1. The molecule has 0 atom stereocenters. The van der Waals surface area contributed by atoms with Crippen molar-refractivity contribution in [3.8, 4) is 17.1 Å². The summed E-state index contributed by atoms with van der Waals surface area (Å²) in [5.41, 5.74) is 1.85. The predicted octanol–water partition coefficient (Wildman–Crippen LogP) is 2.71. The van der Waals surface area contributed by atoms with Crippen LogP contribution in [0.25, 0.3) is 16.9 Å². The lowest BCUT2D eigenvalue weighted by molar-refractivity contribution is 0.0693. The smallest absolute Gasteiger partial charge is 0.356 e. The highest BCUT2D eigenvalue weighted by Gasteiger charge is 2.20. The molecule has 1 aromatic carbocycles. The molecule has 0 unspecified atom stereocenters. The number of phenolic OH excluding ortho intramolecular Hbond substituents is 1. The molecule has 0 fully saturated rings. The van der Waals surface area contributed by atoms with E-state index >= 15 is 0 Å². The maximum Gasteiger partial charge on any atom is 0.356 e. The van der Waals surface area contributed by atoms with Crippen LogP contribution in [0.4, 0.5) is 0 Å². The van der Waals surface area contributed by atoms with Crippen LogP contribution in [0.2, 0.25) is 0 Å². The number of hydrogen-bond donors (Lipinski definition) is 2. The summed E-state index contributed by atoms with van der Waals surface area (Å²) in [6.07, 6.45) is 1.74. The molecule has 0 amide bonds. The number of aryl methyl sites for hydroxylation is 1. The number of carbonyl (C=O) groups is 1. The number of fused-ring (bicyclic) bond motifs is 1. The lowest BCUT2D eigenvalue weighted by Crippen LogP contribution is -1.98. The Morgan fingerprint density at radius 3 is 2.65 bits per heavy atom. The molecule has 5 nitrogen and oxygen atoms in total. The molecule has 2 heterocycles. The van der Waals surface area contributed by atoms with Crippen molar-refractivity contribution in [3.05, 3.63) is 53.9 Å². The number of benzene rings is 1. The van der Waals surface area contributed by atoms with E-state index < -0.39 is 5.97 Å². The van der Waals surface area contributed by atoms with Gasteiger partial charge in [0.25, 0.3) is 0 Å². The van der Waals surface area contributed by atoms with Crippen LogP contribution in [0.5, 0.6) is 5.75 Å². The normalized spacial score (nSPS) is 10.8. The van der Waals surface area contributed by atoms with Gasteiger partial charge in [-0.3, -0.25) is 4.40 Å². The third-order valence-corrected chi connectivity index (χ3v) is 3.21. The Kier molecular flexibility index (Phi) is 2.68. The number of nitrogens with zero attached hydrogens (tertiary/aromatic N) is 2. The largest absolute Gasteiger partial charge is 0.507 e. The second kappa shape index (κ2) is 4.38. The minimum atomic E-state index is -1.08. The minimum Gasteiger partial charge on any atom is -0.507 e. The van der Waals surface area contributed by atoms with Crippen molar-refractivity contribution in [2.45, 2.75) is 6.92 Å². The Labute approximate surface area is 114 Å². The summed E-state index contributed by atoms with van der Waals surface area (Å²) in [6, 6.07) is 10.4. The number of hydrogen-bond acceptors (Lipinski definition) is 3. The van der Waals surface area contributed by atoms with Gasteiger partial charge in [-0.15, -0.1) is 0 Å². The van der Waals surface area contributed by atoms with Gasteiger partial charge in [0.1, 0.15) is 11.6 Å². The zero-order chi connectivity index (χ0) is 14.3.